The minimum Gasteiger partial charge on any atom is -0.486 e. The van der Waals surface area contributed by atoms with Crippen LogP contribution in [0.5, 0.6) is 5.75 Å². The van der Waals surface area contributed by atoms with Crippen molar-refractivity contribution < 1.29 is 14.2 Å². The first-order chi connectivity index (χ1) is 19.6. The summed E-state index contributed by atoms with van der Waals surface area (Å²) in [6, 6.07) is 6.51. The molecule has 0 radical (unpaired) electrons. The van der Waals surface area contributed by atoms with Crippen LogP contribution in [0.3, 0.4) is 0 Å². The van der Waals surface area contributed by atoms with Gasteiger partial charge in [0.1, 0.15) is 24.2 Å². The third-order valence-corrected chi connectivity index (χ3v) is 9.91. The average Bonchev–Trinajstić information content (AvgIpc) is 3.53. The van der Waals surface area contributed by atoms with Gasteiger partial charge >= 0.3 is 0 Å². The summed E-state index contributed by atoms with van der Waals surface area (Å²) in [7, 11) is 1.65. The second kappa shape index (κ2) is 10.8. The van der Waals surface area contributed by atoms with Gasteiger partial charge in [-0.3, -0.25) is 4.98 Å². The highest BCUT2D eigenvalue weighted by molar-refractivity contribution is 7.99. The van der Waals surface area contributed by atoms with Gasteiger partial charge in [-0.15, -0.1) is 0 Å². The second-order valence-corrected chi connectivity index (χ2v) is 12.4. The van der Waals surface area contributed by atoms with Crippen LogP contribution in [0.1, 0.15) is 36.6 Å². The lowest BCUT2D eigenvalue weighted by atomic mass is 9.73. The van der Waals surface area contributed by atoms with Crippen molar-refractivity contribution in [3.63, 3.8) is 0 Å². The van der Waals surface area contributed by atoms with Crippen molar-refractivity contribution in [3.8, 4) is 5.75 Å². The average molecular weight is 562 g/mol. The van der Waals surface area contributed by atoms with Crippen molar-refractivity contribution >= 4 is 23.4 Å². The lowest BCUT2D eigenvalue weighted by molar-refractivity contribution is -0.0414. The molecular formula is C29H35N7O3S. The third-order valence-electron chi connectivity index (χ3n) is 8.95. The van der Waals surface area contributed by atoms with Crippen molar-refractivity contribution in [2.45, 2.75) is 47.7 Å². The van der Waals surface area contributed by atoms with Crippen molar-refractivity contribution in [2.75, 3.05) is 56.6 Å². The highest BCUT2D eigenvalue weighted by Gasteiger charge is 2.46. The van der Waals surface area contributed by atoms with Crippen LogP contribution >= 0.6 is 11.8 Å². The van der Waals surface area contributed by atoms with E-state index in [0.717, 1.165) is 72.6 Å². The monoisotopic (exact) mass is 561 g/mol. The van der Waals surface area contributed by atoms with Crippen LogP contribution in [0.4, 0.5) is 11.6 Å². The minimum atomic E-state index is 0.0578. The number of rotatable bonds is 7. The van der Waals surface area contributed by atoms with E-state index in [1.54, 1.807) is 18.9 Å². The molecule has 2 saturated heterocycles. The van der Waals surface area contributed by atoms with Crippen LogP contribution in [-0.2, 0) is 15.9 Å². The number of hydrogen-bond acceptors (Lipinski definition) is 11. The molecule has 0 amide bonds. The Morgan fingerprint density at radius 2 is 2.02 bits per heavy atom. The number of fused-ring (bicyclic) bond motifs is 4. The molecule has 2 fully saturated rings. The van der Waals surface area contributed by atoms with E-state index in [-0.39, 0.29) is 11.5 Å². The Morgan fingerprint density at radius 3 is 2.83 bits per heavy atom. The van der Waals surface area contributed by atoms with Crippen molar-refractivity contribution in [1.29, 1.82) is 0 Å². The second-order valence-electron chi connectivity index (χ2n) is 11.3. The Balaban J connectivity index is 0.994. The fraction of sp³-hybridized carbons (Fsp3) is 0.517. The first-order valence-electron chi connectivity index (χ1n) is 14.0. The largest absolute Gasteiger partial charge is 0.486 e. The molecule has 0 saturated carbocycles. The number of hydrogen-bond donors (Lipinski definition) is 1. The van der Waals surface area contributed by atoms with Crippen LogP contribution in [0.2, 0.25) is 0 Å². The predicted octanol–water partition coefficient (Wildman–Crippen LogP) is 3.47. The van der Waals surface area contributed by atoms with Gasteiger partial charge in [0.2, 0.25) is 0 Å². The number of nitrogens with zero attached hydrogens (tertiary/aromatic N) is 6. The lowest BCUT2D eigenvalue weighted by Crippen LogP contribution is -2.44. The summed E-state index contributed by atoms with van der Waals surface area (Å²) in [4.78, 5) is 24.5. The molecule has 1 spiro atoms. The van der Waals surface area contributed by atoms with Crippen LogP contribution in [0.15, 0.2) is 52.9 Å². The predicted molar refractivity (Wildman–Crippen MR) is 152 cm³/mol. The number of ether oxygens (including phenoxy) is 3. The van der Waals surface area contributed by atoms with Gasteiger partial charge in [-0.2, -0.15) is 0 Å². The van der Waals surface area contributed by atoms with Gasteiger partial charge in [0.15, 0.2) is 11.6 Å². The van der Waals surface area contributed by atoms with E-state index in [1.807, 2.05) is 36.9 Å². The number of anilines is 2. The molecule has 3 aromatic rings. The maximum atomic E-state index is 6.72. The van der Waals surface area contributed by atoms with Gasteiger partial charge in [0, 0.05) is 56.8 Å². The highest BCUT2D eigenvalue weighted by atomic mass is 32.2. The highest BCUT2D eigenvalue weighted by Crippen LogP contribution is 2.50. The quantitative estimate of drug-likeness (QED) is 0.338. The molecule has 7 rings (SSSR count). The summed E-state index contributed by atoms with van der Waals surface area (Å²) < 4.78 is 16.9. The Labute approximate surface area is 238 Å². The fourth-order valence-corrected chi connectivity index (χ4v) is 7.64. The zero-order chi connectivity index (χ0) is 27.1. The molecule has 11 heteroatoms. The van der Waals surface area contributed by atoms with Gasteiger partial charge in [-0.1, -0.05) is 17.8 Å². The first-order valence-corrected chi connectivity index (χ1v) is 14.8. The van der Waals surface area contributed by atoms with Gasteiger partial charge in [0.05, 0.1) is 29.9 Å². The standard InChI is InChI=1S/C29H35N7O3S/c1-37-18-38-16-19-11-20-17-39-26-23(4-8-32-28(26)36(20)15-19)40-25-14-33-24(13-34-25)35-9-5-29(6-10-35)12-22-21(27(29)30)3-2-7-31-22/h2-4,7-8,13-14,19-20,27H,5-6,9-12,15-18,30H2,1H3. The molecule has 40 heavy (non-hydrogen) atoms. The molecule has 1 aliphatic carbocycles. The normalized spacial score (nSPS) is 24.5. The molecule has 10 nitrogen and oxygen atoms in total. The maximum Gasteiger partial charge on any atom is 0.175 e. The van der Waals surface area contributed by atoms with Crippen molar-refractivity contribution in [3.05, 3.63) is 54.2 Å². The molecule has 0 aromatic carbocycles. The van der Waals surface area contributed by atoms with Gasteiger partial charge in [0.25, 0.3) is 0 Å². The van der Waals surface area contributed by atoms with E-state index >= 15 is 0 Å². The Hall–Kier alpha value is -2.99. The first kappa shape index (κ1) is 25.9. The van der Waals surface area contributed by atoms with Crippen LogP contribution in [0.25, 0.3) is 0 Å². The third kappa shape index (κ3) is 4.68. The van der Waals surface area contributed by atoms with Crippen LogP contribution in [-0.4, -0.2) is 72.7 Å². The summed E-state index contributed by atoms with van der Waals surface area (Å²) in [6.07, 6.45) is 11.5. The molecule has 6 heterocycles. The zero-order valence-corrected chi connectivity index (χ0v) is 23.6. The molecule has 2 N–H and O–H groups in total. The molecule has 210 valence electrons. The zero-order valence-electron chi connectivity index (χ0n) is 22.7. The van der Waals surface area contributed by atoms with E-state index in [4.69, 9.17) is 29.9 Å². The molecule has 3 aromatic heterocycles. The Morgan fingerprint density at radius 1 is 1.12 bits per heavy atom. The van der Waals surface area contributed by atoms with E-state index in [0.29, 0.717) is 32.0 Å². The van der Waals surface area contributed by atoms with E-state index in [1.165, 1.54) is 11.3 Å². The summed E-state index contributed by atoms with van der Waals surface area (Å²) in [5.41, 5.74) is 9.21. The van der Waals surface area contributed by atoms with E-state index < -0.39 is 0 Å². The van der Waals surface area contributed by atoms with Crippen molar-refractivity contribution in [2.24, 2.45) is 17.1 Å². The van der Waals surface area contributed by atoms with Crippen LogP contribution < -0.4 is 20.3 Å². The summed E-state index contributed by atoms with van der Waals surface area (Å²) >= 11 is 1.57. The summed E-state index contributed by atoms with van der Waals surface area (Å²) in [5, 5.41) is 0.836. The topological polar surface area (TPSA) is 112 Å². The minimum absolute atomic E-state index is 0.0578. The smallest absolute Gasteiger partial charge is 0.175 e. The number of piperidine rings is 1. The van der Waals surface area contributed by atoms with Gasteiger partial charge < -0.3 is 29.7 Å². The molecule has 0 bridgehead atoms. The van der Waals surface area contributed by atoms with Gasteiger partial charge in [-0.25, -0.2) is 15.0 Å². The van der Waals surface area contributed by atoms with E-state index in [2.05, 4.69) is 25.8 Å². The summed E-state index contributed by atoms with van der Waals surface area (Å²) in [6.45, 7) is 4.41. The molecule has 3 unspecified atom stereocenters. The summed E-state index contributed by atoms with van der Waals surface area (Å²) in [5.74, 6) is 3.09. The van der Waals surface area contributed by atoms with Crippen molar-refractivity contribution in [1.82, 2.24) is 19.9 Å². The number of pyridine rings is 2. The molecule has 3 atom stereocenters. The fourth-order valence-electron chi connectivity index (χ4n) is 6.83. The Bertz CT molecular complexity index is 1350. The lowest BCUT2D eigenvalue weighted by Gasteiger charge is -2.42. The van der Waals surface area contributed by atoms with Crippen LogP contribution in [0, 0.1) is 11.3 Å². The molecular weight excluding hydrogens is 526 g/mol. The molecule has 4 aliphatic rings. The van der Waals surface area contributed by atoms with E-state index in [9.17, 15) is 0 Å². The number of methoxy groups -OCH3 is 1. The Kier molecular flexibility index (Phi) is 6.99. The maximum absolute atomic E-state index is 6.72. The SMILES string of the molecule is COCOCC1CC2COc3c(Sc4cnc(N5CCC6(CC5)Cc5ncccc5C6N)cn4)ccnc3N2C1. The molecule has 3 aliphatic heterocycles. The number of nitrogens with two attached hydrogens (primary N) is 1. The number of aromatic nitrogens is 4. The van der Waals surface area contributed by atoms with Gasteiger partial charge in [-0.05, 0) is 48.8 Å².